The van der Waals surface area contributed by atoms with Crippen molar-refractivity contribution in [1.82, 2.24) is 0 Å². The molecule has 1 rings (SSSR count). The lowest BCUT2D eigenvalue weighted by Gasteiger charge is -2.08. The maximum Gasteiger partial charge on any atom is 0.310 e. The molecule has 0 aromatic heterocycles. The van der Waals surface area contributed by atoms with E-state index in [1.165, 1.54) is 12.1 Å². The first-order chi connectivity index (χ1) is 7.19. The fraction of sp³-hybridized carbons (Fsp3) is 0.273. The predicted molar refractivity (Wildman–Crippen MR) is 52.3 cm³/mol. The lowest BCUT2D eigenvalue weighted by atomic mass is 10.1. The maximum absolute atomic E-state index is 13.1. The molecule has 0 saturated heterocycles. The molecule has 3 nitrogen and oxygen atoms in total. The molecule has 0 aliphatic carbocycles. The van der Waals surface area contributed by atoms with E-state index in [1.54, 1.807) is 19.1 Å². The minimum Gasteiger partial charge on any atom is -0.426 e. The van der Waals surface area contributed by atoms with Crippen LogP contribution in [0.15, 0.2) is 24.3 Å². The Bertz CT molecular complexity index is 363. The van der Waals surface area contributed by atoms with Gasteiger partial charge in [-0.2, -0.15) is 0 Å². The number of hydrogen-bond donors (Lipinski definition) is 0. The Morgan fingerprint density at radius 3 is 2.80 bits per heavy atom. The van der Waals surface area contributed by atoms with Crippen LogP contribution in [0.25, 0.3) is 0 Å². The Kier molecular flexibility index (Phi) is 3.97. The van der Waals surface area contributed by atoms with E-state index < -0.39 is 12.1 Å². The van der Waals surface area contributed by atoms with Gasteiger partial charge in [-0.1, -0.05) is 25.1 Å². The highest BCUT2D eigenvalue weighted by Crippen LogP contribution is 2.26. The minimum atomic E-state index is -1.76. The van der Waals surface area contributed by atoms with Gasteiger partial charge < -0.3 is 4.74 Å². The molecule has 1 aromatic carbocycles. The Morgan fingerprint density at radius 2 is 2.20 bits per heavy atom. The third-order valence-electron chi connectivity index (χ3n) is 1.85. The SMILES string of the molecule is CCC(=O)Oc1ccccc1C(F)C=O. The molecular weight excluding hydrogens is 199 g/mol. The number of aldehydes is 1. The molecule has 0 fully saturated rings. The summed E-state index contributed by atoms with van der Waals surface area (Å²) < 4.78 is 18.0. The first kappa shape index (κ1) is 11.4. The summed E-state index contributed by atoms with van der Waals surface area (Å²) in [6.45, 7) is 1.64. The highest BCUT2D eigenvalue weighted by atomic mass is 19.1. The van der Waals surface area contributed by atoms with Crippen LogP contribution >= 0.6 is 0 Å². The van der Waals surface area contributed by atoms with E-state index >= 15 is 0 Å². The smallest absolute Gasteiger partial charge is 0.310 e. The van der Waals surface area contributed by atoms with Crippen molar-refractivity contribution in [2.45, 2.75) is 19.5 Å². The Hall–Kier alpha value is -1.71. The van der Waals surface area contributed by atoms with Crippen LogP contribution in [0.1, 0.15) is 25.1 Å². The van der Waals surface area contributed by atoms with Crippen LogP contribution in [0, 0.1) is 0 Å². The van der Waals surface area contributed by atoms with Crippen LogP contribution in [0.5, 0.6) is 5.75 Å². The molecule has 4 heteroatoms. The summed E-state index contributed by atoms with van der Waals surface area (Å²) in [7, 11) is 0. The van der Waals surface area contributed by atoms with Crippen molar-refractivity contribution in [2.24, 2.45) is 0 Å². The number of ether oxygens (including phenoxy) is 1. The number of rotatable bonds is 4. The van der Waals surface area contributed by atoms with Gasteiger partial charge in [-0.25, -0.2) is 4.39 Å². The van der Waals surface area contributed by atoms with Crippen LogP contribution in [0.4, 0.5) is 4.39 Å². The van der Waals surface area contributed by atoms with Gasteiger partial charge in [-0.15, -0.1) is 0 Å². The van der Waals surface area contributed by atoms with Gasteiger partial charge in [-0.05, 0) is 6.07 Å². The molecule has 0 saturated carbocycles. The summed E-state index contributed by atoms with van der Waals surface area (Å²) in [5.74, 6) is -0.357. The average Bonchev–Trinajstić information content (AvgIpc) is 2.28. The van der Waals surface area contributed by atoms with Crippen molar-refractivity contribution in [3.8, 4) is 5.75 Å². The molecule has 0 N–H and O–H groups in total. The topological polar surface area (TPSA) is 43.4 Å². The third kappa shape index (κ3) is 2.87. The number of alkyl halides is 1. The number of hydrogen-bond acceptors (Lipinski definition) is 3. The highest BCUT2D eigenvalue weighted by Gasteiger charge is 2.15. The number of esters is 1. The molecule has 0 amide bonds. The summed E-state index contributed by atoms with van der Waals surface area (Å²) in [5, 5.41) is 0. The van der Waals surface area contributed by atoms with Crippen molar-refractivity contribution in [3.05, 3.63) is 29.8 Å². The molecule has 0 spiro atoms. The van der Waals surface area contributed by atoms with Crippen molar-refractivity contribution in [3.63, 3.8) is 0 Å². The standard InChI is InChI=1S/C11H11FO3/c1-2-11(14)15-10-6-4-3-5-8(10)9(12)7-13/h3-7,9H,2H2,1H3. The summed E-state index contributed by atoms with van der Waals surface area (Å²) in [6.07, 6.45) is -1.39. The van der Waals surface area contributed by atoms with Crippen molar-refractivity contribution in [1.29, 1.82) is 0 Å². The first-order valence-corrected chi connectivity index (χ1v) is 4.58. The van der Waals surface area contributed by atoms with Gasteiger partial charge in [0.15, 0.2) is 12.5 Å². The van der Waals surface area contributed by atoms with Crippen LogP contribution in [-0.4, -0.2) is 12.3 Å². The minimum absolute atomic E-state index is 0.0781. The summed E-state index contributed by atoms with van der Waals surface area (Å²) in [5.41, 5.74) is 0.0781. The molecule has 0 bridgehead atoms. The number of carbonyl (C=O) groups excluding carboxylic acids is 2. The van der Waals surface area contributed by atoms with E-state index in [2.05, 4.69) is 0 Å². The first-order valence-electron chi connectivity index (χ1n) is 4.58. The summed E-state index contributed by atoms with van der Waals surface area (Å²) in [4.78, 5) is 21.3. The summed E-state index contributed by atoms with van der Waals surface area (Å²) >= 11 is 0. The quantitative estimate of drug-likeness (QED) is 0.434. The maximum atomic E-state index is 13.1. The van der Waals surface area contributed by atoms with Gasteiger partial charge in [0.25, 0.3) is 0 Å². The molecule has 1 unspecified atom stereocenters. The molecule has 15 heavy (non-hydrogen) atoms. The van der Waals surface area contributed by atoms with E-state index in [0.717, 1.165) is 0 Å². The predicted octanol–water partition coefficient (Wildman–Crippen LogP) is 2.21. The number of carbonyl (C=O) groups is 2. The van der Waals surface area contributed by atoms with E-state index in [-0.39, 0.29) is 24.0 Å². The molecule has 0 heterocycles. The van der Waals surface area contributed by atoms with E-state index in [0.29, 0.717) is 0 Å². The zero-order valence-electron chi connectivity index (χ0n) is 8.27. The summed E-state index contributed by atoms with van der Waals surface area (Å²) in [6, 6.07) is 6.06. The van der Waals surface area contributed by atoms with Crippen LogP contribution < -0.4 is 4.74 Å². The zero-order valence-corrected chi connectivity index (χ0v) is 8.27. The Labute approximate surface area is 86.9 Å². The van der Waals surface area contributed by atoms with Crippen molar-refractivity contribution in [2.75, 3.05) is 0 Å². The fourth-order valence-corrected chi connectivity index (χ4v) is 1.07. The van der Waals surface area contributed by atoms with Gasteiger partial charge in [-0.3, -0.25) is 9.59 Å². The van der Waals surface area contributed by atoms with Gasteiger partial charge in [0.2, 0.25) is 0 Å². The molecule has 80 valence electrons. The third-order valence-corrected chi connectivity index (χ3v) is 1.85. The fourth-order valence-electron chi connectivity index (χ4n) is 1.07. The van der Waals surface area contributed by atoms with Gasteiger partial charge >= 0.3 is 5.97 Å². The number of benzene rings is 1. The van der Waals surface area contributed by atoms with Gasteiger partial charge in [0, 0.05) is 12.0 Å². The van der Waals surface area contributed by atoms with Crippen LogP contribution in [0.3, 0.4) is 0 Å². The van der Waals surface area contributed by atoms with Crippen LogP contribution in [-0.2, 0) is 9.59 Å². The second-order valence-corrected chi connectivity index (χ2v) is 2.90. The average molecular weight is 210 g/mol. The van der Waals surface area contributed by atoms with Gasteiger partial charge in [0.1, 0.15) is 5.75 Å². The zero-order chi connectivity index (χ0) is 11.3. The van der Waals surface area contributed by atoms with Crippen LogP contribution in [0.2, 0.25) is 0 Å². The highest BCUT2D eigenvalue weighted by molar-refractivity contribution is 5.73. The molecular formula is C11H11FO3. The Balaban J connectivity index is 2.95. The largest absolute Gasteiger partial charge is 0.426 e. The van der Waals surface area contributed by atoms with Gasteiger partial charge in [0.05, 0.1) is 0 Å². The molecule has 0 radical (unpaired) electrons. The van der Waals surface area contributed by atoms with Crippen molar-refractivity contribution >= 4 is 12.3 Å². The Morgan fingerprint density at radius 1 is 1.53 bits per heavy atom. The molecule has 0 aliphatic rings. The molecule has 1 aromatic rings. The number of para-hydroxylation sites is 1. The van der Waals surface area contributed by atoms with E-state index in [4.69, 9.17) is 4.74 Å². The lowest BCUT2D eigenvalue weighted by Crippen LogP contribution is -2.08. The molecule has 1 atom stereocenters. The van der Waals surface area contributed by atoms with E-state index in [9.17, 15) is 14.0 Å². The molecule has 0 aliphatic heterocycles. The van der Waals surface area contributed by atoms with Crippen molar-refractivity contribution < 1.29 is 18.7 Å². The normalized spacial score (nSPS) is 11.9. The monoisotopic (exact) mass is 210 g/mol. The second-order valence-electron chi connectivity index (χ2n) is 2.90. The second kappa shape index (κ2) is 5.24. The van der Waals surface area contributed by atoms with E-state index in [1.807, 2.05) is 0 Å². The number of halogens is 1. The lowest BCUT2D eigenvalue weighted by molar-refractivity contribution is -0.134.